The smallest absolute Gasteiger partial charge is 0.337 e. The van der Waals surface area contributed by atoms with E-state index in [0.717, 1.165) is 5.56 Å². The van der Waals surface area contributed by atoms with Crippen LogP contribution in [0.5, 0.6) is 0 Å². The summed E-state index contributed by atoms with van der Waals surface area (Å²) in [4.78, 5) is 26.0. The number of fused-ring (bicyclic) bond motifs is 1. The number of hydrogen-bond acceptors (Lipinski definition) is 8. The van der Waals surface area contributed by atoms with Gasteiger partial charge in [-0.3, -0.25) is 0 Å². The highest BCUT2D eigenvalue weighted by molar-refractivity contribution is 6.01. The van der Waals surface area contributed by atoms with E-state index in [-0.39, 0.29) is 6.61 Å². The van der Waals surface area contributed by atoms with Crippen molar-refractivity contribution >= 4 is 23.0 Å². The summed E-state index contributed by atoms with van der Waals surface area (Å²) in [6.07, 6.45) is 0. The van der Waals surface area contributed by atoms with E-state index in [1.54, 1.807) is 32.0 Å². The van der Waals surface area contributed by atoms with Gasteiger partial charge in [0.1, 0.15) is 17.6 Å². The van der Waals surface area contributed by atoms with E-state index < -0.39 is 17.9 Å². The van der Waals surface area contributed by atoms with Gasteiger partial charge < -0.3 is 14.8 Å². The van der Waals surface area contributed by atoms with Crippen LogP contribution in [0, 0.1) is 0 Å². The van der Waals surface area contributed by atoms with Crippen molar-refractivity contribution in [2.24, 2.45) is 0 Å². The molecule has 31 heavy (non-hydrogen) atoms. The van der Waals surface area contributed by atoms with Gasteiger partial charge in [-0.15, -0.1) is 0 Å². The zero-order valence-corrected chi connectivity index (χ0v) is 17.3. The second-order valence-corrected chi connectivity index (χ2v) is 7.17. The minimum atomic E-state index is -0.757. The molecule has 0 bridgehead atoms. The Kier molecular flexibility index (Phi) is 5.53. The Bertz CT molecular complexity index is 1210. The highest BCUT2D eigenvalue weighted by Crippen LogP contribution is 2.41. The SMILES string of the molecule is COC(=O)C1=C(C)NC(C)=C(C(=O)OCc2ccccc2)C1c1cccc2nonc12. The number of aromatic nitrogens is 2. The molecule has 8 heteroatoms. The van der Waals surface area contributed by atoms with Crippen LogP contribution in [0.15, 0.2) is 75.7 Å². The van der Waals surface area contributed by atoms with Gasteiger partial charge >= 0.3 is 11.9 Å². The molecule has 0 fully saturated rings. The molecule has 0 amide bonds. The molecule has 158 valence electrons. The topological polar surface area (TPSA) is 104 Å². The highest BCUT2D eigenvalue weighted by atomic mass is 16.6. The van der Waals surface area contributed by atoms with Crippen molar-refractivity contribution in [1.29, 1.82) is 0 Å². The second kappa shape index (κ2) is 8.43. The molecule has 0 saturated carbocycles. The number of esters is 2. The molecule has 0 aliphatic carbocycles. The van der Waals surface area contributed by atoms with Gasteiger partial charge in [-0.2, -0.15) is 0 Å². The molecule has 8 nitrogen and oxygen atoms in total. The van der Waals surface area contributed by atoms with Gasteiger partial charge in [0.05, 0.1) is 24.2 Å². The summed E-state index contributed by atoms with van der Waals surface area (Å²) in [7, 11) is 1.30. The van der Waals surface area contributed by atoms with Crippen LogP contribution in [-0.2, 0) is 25.7 Å². The molecule has 3 aromatic rings. The third-order valence-corrected chi connectivity index (χ3v) is 5.23. The number of rotatable bonds is 5. The molecular weight excluding hydrogens is 398 g/mol. The molecule has 1 aliphatic heterocycles. The van der Waals surface area contributed by atoms with Gasteiger partial charge in [-0.05, 0) is 41.4 Å². The molecule has 1 N–H and O–H groups in total. The minimum absolute atomic E-state index is 0.106. The Balaban J connectivity index is 1.79. The van der Waals surface area contributed by atoms with Gasteiger partial charge in [0.25, 0.3) is 0 Å². The van der Waals surface area contributed by atoms with E-state index in [9.17, 15) is 9.59 Å². The maximum atomic E-state index is 13.2. The van der Waals surface area contributed by atoms with Gasteiger partial charge in [0.15, 0.2) is 0 Å². The quantitative estimate of drug-likeness (QED) is 0.628. The average molecular weight is 419 g/mol. The van der Waals surface area contributed by atoms with Crippen LogP contribution in [0.4, 0.5) is 0 Å². The predicted octanol–water partition coefficient (Wildman–Crippen LogP) is 3.37. The van der Waals surface area contributed by atoms with Crippen molar-refractivity contribution in [2.45, 2.75) is 26.4 Å². The third kappa shape index (κ3) is 3.79. The monoisotopic (exact) mass is 419 g/mol. The maximum Gasteiger partial charge on any atom is 0.337 e. The van der Waals surface area contributed by atoms with Crippen LogP contribution in [0.2, 0.25) is 0 Å². The van der Waals surface area contributed by atoms with Gasteiger partial charge in [-0.1, -0.05) is 42.5 Å². The van der Waals surface area contributed by atoms with Crippen LogP contribution in [-0.4, -0.2) is 29.4 Å². The number of carbonyl (C=O) groups is 2. The lowest BCUT2D eigenvalue weighted by atomic mass is 9.80. The molecule has 4 rings (SSSR count). The van der Waals surface area contributed by atoms with Crippen molar-refractivity contribution < 1.29 is 23.7 Å². The Morgan fingerprint density at radius 2 is 1.68 bits per heavy atom. The number of methoxy groups -OCH3 is 1. The van der Waals surface area contributed by atoms with Crippen molar-refractivity contribution in [3.05, 3.63) is 82.2 Å². The molecule has 1 aromatic heterocycles. The van der Waals surface area contributed by atoms with Crippen molar-refractivity contribution in [3.63, 3.8) is 0 Å². The maximum absolute atomic E-state index is 13.2. The molecule has 1 aliphatic rings. The fraction of sp³-hybridized carbons (Fsp3) is 0.217. The van der Waals surface area contributed by atoms with Crippen LogP contribution >= 0.6 is 0 Å². The molecule has 1 unspecified atom stereocenters. The van der Waals surface area contributed by atoms with Crippen LogP contribution < -0.4 is 5.32 Å². The first-order valence-electron chi connectivity index (χ1n) is 9.70. The Morgan fingerprint density at radius 1 is 0.968 bits per heavy atom. The molecule has 2 heterocycles. The summed E-state index contributed by atoms with van der Waals surface area (Å²) in [5.74, 6) is -1.85. The van der Waals surface area contributed by atoms with E-state index in [1.807, 2.05) is 30.3 Å². The van der Waals surface area contributed by atoms with E-state index >= 15 is 0 Å². The number of benzene rings is 2. The molecule has 0 radical (unpaired) electrons. The molecule has 0 spiro atoms. The van der Waals surface area contributed by atoms with Crippen molar-refractivity contribution in [2.75, 3.05) is 7.11 Å². The zero-order valence-electron chi connectivity index (χ0n) is 17.3. The number of ether oxygens (including phenoxy) is 2. The summed E-state index contributed by atoms with van der Waals surface area (Å²) < 4.78 is 15.5. The first kappa shape index (κ1) is 20.3. The summed E-state index contributed by atoms with van der Waals surface area (Å²) in [5, 5.41) is 11.0. The Morgan fingerprint density at radius 3 is 2.39 bits per heavy atom. The van der Waals surface area contributed by atoms with E-state index in [4.69, 9.17) is 14.1 Å². The molecular formula is C23H21N3O5. The lowest BCUT2D eigenvalue weighted by molar-refractivity contribution is -0.140. The van der Waals surface area contributed by atoms with E-state index in [1.165, 1.54) is 7.11 Å². The molecule has 2 aromatic carbocycles. The predicted molar refractivity (Wildman–Crippen MR) is 111 cm³/mol. The summed E-state index contributed by atoms with van der Waals surface area (Å²) in [6, 6.07) is 14.7. The van der Waals surface area contributed by atoms with Gasteiger partial charge in [0, 0.05) is 11.4 Å². The lowest BCUT2D eigenvalue weighted by Gasteiger charge is -2.30. The lowest BCUT2D eigenvalue weighted by Crippen LogP contribution is -2.32. The number of dihydropyridines is 1. The number of nitrogens with one attached hydrogen (secondary N) is 1. The minimum Gasteiger partial charge on any atom is -0.466 e. The fourth-order valence-corrected chi connectivity index (χ4v) is 3.82. The summed E-state index contributed by atoms with van der Waals surface area (Å²) in [6.45, 7) is 3.63. The fourth-order valence-electron chi connectivity index (χ4n) is 3.82. The van der Waals surface area contributed by atoms with E-state index in [2.05, 4.69) is 15.6 Å². The number of allylic oxidation sites excluding steroid dienone is 2. The van der Waals surface area contributed by atoms with Gasteiger partial charge in [0.2, 0.25) is 0 Å². The van der Waals surface area contributed by atoms with Gasteiger partial charge in [-0.25, -0.2) is 14.2 Å². The van der Waals surface area contributed by atoms with Crippen LogP contribution in [0.3, 0.4) is 0 Å². The molecule has 0 saturated heterocycles. The third-order valence-electron chi connectivity index (χ3n) is 5.23. The highest BCUT2D eigenvalue weighted by Gasteiger charge is 2.39. The number of carbonyl (C=O) groups excluding carboxylic acids is 2. The first-order chi connectivity index (χ1) is 15.0. The Labute approximate surface area is 178 Å². The number of hydrogen-bond donors (Lipinski definition) is 1. The molecule has 1 atom stereocenters. The summed E-state index contributed by atoms with van der Waals surface area (Å²) >= 11 is 0. The van der Waals surface area contributed by atoms with Crippen LogP contribution in [0.1, 0.15) is 30.9 Å². The normalized spacial score (nSPS) is 16.3. The van der Waals surface area contributed by atoms with Crippen molar-refractivity contribution in [1.82, 2.24) is 15.6 Å². The Hall–Kier alpha value is -3.94. The second-order valence-electron chi connectivity index (χ2n) is 7.17. The standard InChI is InChI=1S/C23H21N3O5/c1-13-18(22(27)29-3)20(16-10-7-11-17-21(16)26-31-25-17)19(14(2)24-13)23(28)30-12-15-8-5-4-6-9-15/h4-11,20,24H,12H2,1-3H3. The largest absolute Gasteiger partial charge is 0.466 e. The average Bonchev–Trinajstić information content (AvgIpc) is 3.26. The van der Waals surface area contributed by atoms with Crippen molar-refractivity contribution in [3.8, 4) is 0 Å². The number of nitrogens with zero attached hydrogens (tertiary/aromatic N) is 2. The van der Waals surface area contributed by atoms with E-state index in [0.29, 0.717) is 39.1 Å². The van der Waals surface area contributed by atoms with Crippen LogP contribution in [0.25, 0.3) is 11.0 Å². The zero-order chi connectivity index (χ0) is 22.0. The first-order valence-corrected chi connectivity index (χ1v) is 9.70. The summed E-state index contributed by atoms with van der Waals surface area (Å²) in [5.41, 5.74) is 4.22.